The van der Waals surface area contributed by atoms with Crippen LogP contribution in [0.3, 0.4) is 0 Å². The zero-order valence-electron chi connectivity index (χ0n) is 20.6. The van der Waals surface area contributed by atoms with Crippen molar-refractivity contribution in [1.29, 1.82) is 0 Å². The van der Waals surface area contributed by atoms with E-state index in [9.17, 15) is 9.59 Å². The van der Waals surface area contributed by atoms with Gasteiger partial charge in [-0.2, -0.15) is 0 Å². The highest BCUT2D eigenvalue weighted by atomic mass is 16.5. The summed E-state index contributed by atoms with van der Waals surface area (Å²) in [4.78, 5) is 26.5. The van der Waals surface area contributed by atoms with Crippen LogP contribution in [0.2, 0.25) is 0 Å². The zero-order valence-corrected chi connectivity index (χ0v) is 20.6. The molecule has 1 amide bonds. The number of rotatable bonds is 10. The fraction of sp³-hybridized carbons (Fsp3) is 0.250. The van der Waals surface area contributed by atoms with Crippen molar-refractivity contribution < 1.29 is 14.3 Å². The second kappa shape index (κ2) is 11.4. The largest absolute Gasteiger partial charge is 0.459 e. The fourth-order valence-corrected chi connectivity index (χ4v) is 4.19. The summed E-state index contributed by atoms with van der Waals surface area (Å²) in [5.41, 5.74) is 4.73. The Kier molecular flexibility index (Phi) is 7.85. The first-order chi connectivity index (χ1) is 17.5. The smallest absolute Gasteiger partial charge is 0.329 e. The number of amides is 1. The number of nitrogens with zero attached hydrogens (tertiary/aromatic N) is 5. The third kappa shape index (κ3) is 5.66. The lowest BCUT2D eigenvalue weighted by Crippen LogP contribution is -2.44. The van der Waals surface area contributed by atoms with Crippen molar-refractivity contribution in [2.24, 2.45) is 13.0 Å². The van der Waals surface area contributed by atoms with Gasteiger partial charge in [0.2, 0.25) is 6.41 Å². The number of aryl methyl sites for hydroxylation is 1. The number of ether oxygens (including phenoxy) is 1. The molecule has 36 heavy (non-hydrogen) atoms. The Morgan fingerprint density at radius 1 is 0.944 bits per heavy atom. The van der Waals surface area contributed by atoms with E-state index in [1.54, 1.807) is 11.7 Å². The predicted molar refractivity (Wildman–Crippen MR) is 136 cm³/mol. The molecule has 8 heteroatoms. The molecule has 0 bridgehead atoms. The highest BCUT2D eigenvalue weighted by molar-refractivity contribution is 5.81. The lowest BCUT2D eigenvalue weighted by atomic mass is 9.97. The van der Waals surface area contributed by atoms with Crippen molar-refractivity contribution >= 4 is 12.4 Å². The Bertz CT molecular complexity index is 1300. The Morgan fingerprint density at radius 3 is 2.22 bits per heavy atom. The summed E-state index contributed by atoms with van der Waals surface area (Å²) in [6, 6.07) is 24.7. The van der Waals surface area contributed by atoms with Crippen LogP contribution in [0.1, 0.15) is 25.0 Å². The van der Waals surface area contributed by atoms with Gasteiger partial charge in [0.05, 0.1) is 0 Å². The molecule has 1 unspecified atom stereocenters. The summed E-state index contributed by atoms with van der Waals surface area (Å²) in [6.07, 6.45) is 0.721. The highest BCUT2D eigenvalue weighted by Gasteiger charge is 2.30. The van der Waals surface area contributed by atoms with Crippen LogP contribution < -0.4 is 0 Å². The fourth-order valence-electron chi connectivity index (χ4n) is 4.19. The molecule has 0 spiro atoms. The molecule has 0 saturated carbocycles. The van der Waals surface area contributed by atoms with E-state index in [0.29, 0.717) is 12.4 Å². The van der Waals surface area contributed by atoms with Crippen LogP contribution in [0, 0.1) is 5.92 Å². The van der Waals surface area contributed by atoms with E-state index < -0.39 is 12.0 Å². The molecule has 0 N–H and O–H groups in total. The average molecular weight is 484 g/mol. The summed E-state index contributed by atoms with van der Waals surface area (Å²) >= 11 is 0. The predicted octanol–water partition coefficient (Wildman–Crippen LogP) is 4.27. The van der Waals surface area contributed by atoms with Gasteiger partial charge in [-0.3, -0.25) is 4.79 Å². The van der Waals surface area contributed by atoms with Gasteiger partial charge in [-0.1, -0.05) is 92.7 Å². The molecule has 4 rings (SSSR count). The summed E-state index contributed by atoms with van der Waals surface area (Å²) < 4.78 is 7.19. The van der Waals surface area contributed by atoms with Crippen LogP contribution in [-0.4, -0.2) is 43.5 Å². The lowest BCUT2D eigenvalue weighted by molar-refractivity contribution is -0.156. The number of aromatic nitrogens is 4. The van der Waals surface area contributed by atoms with Crippen LogP contribution in [0.5, 0.6) is 0 Å². The third-order valence-corrected chi connectivity index (χ3v) is 6.01. The van der Waals surface area contributed by atoms with E-state index in [0.717, 1.165) is 34.2 Å². The van der Waals surface area contributed by atoms with Crippen molar-refractivity contribution in [2.45, 2.75) is 33.0 Å². The Balaban J connectivity index is 1.50. The number of benzene rings is 3. The van der Waals surface area contributed by atoms with Gasteiger partial charge >= 0.3 is 5.97 Å². The minimum absolute atomic E-state index is 0.107. The van der Waals surface area contributed by atoms with Crippen LogP contribution in [-0.2, 0) is 34.5 Å². The van der Waals surface area contributed by atoms with Crippen molar-refractivity contribution in [2.75, 3.05) is 0 Å². The second-order valence-corrected chi connectivity index (χ2v) is 8.93. The Labute approximate surface area is 210 Å². The summed E-state index contributed by atoms with van der Waals surface area (Å²) in [5, 5.41) is 11.8. The molecule has 4 aromatic rings. The van der Waals surface area contributed by atoms with Gasteiger partial charge < -0.3 is 9.64 Å². The lowest BCUT2D eigenvalue weighted by Gasteiger charge is -2.29. The maximum absolute atomic E-state index is 12.9. The van der Waals surface area contributed by atoms with Gasteiger partial charge in [-0.25, -0.2) is 9.48 Å². The van der Waals surface area contributed by atoms with Crippen molar-refractivity contribution in [3.63, 3.8) is 0 Å². The first-order valence-electron chi connectivity index (χ1n) is 11.8. The van der Waals surface area contributed by atoms with Gasteiger partial charge in [0.15, 0.2) is 5.82 Å². The number of hydrogen-bond donors (Lipinski definition) is 0. The zero-order chi connectivity index (χ0) is 25.5. The highest BCUT2D eigenvalue weighted by Crippen LogP contribution is 2.30. The van der Waals surface area contributed by atoms with E-state index in [1.165, 1.54) is 4.90 Å². The molecule has 0 saturated heterocycles. The molecule has 3 aromatic carbocycles. The van der Waals surface area contributed by atoms with E-state index in [4.69, 9.17) is 4.74 Å². The summed E-state index contributed by atoms with van der Waals surface area (Å²) in [5.74, 6) is 0.156. The van der Waals surface area contributed by atoms with E-state index >= 15 is 0 Å². The first-order valence-corrected chi connectivity index (χ1v) is 11.8. The number of esters is 1. The maximum atomic E-state index is 12.9. The summed E-state index contributed by atoms with van der Waals surface area (Å²) in [6.45, 7) is 4.28. The standard InChI is InChI=1S/C28H29N5O3/c1-20(2)26(28(35)36-18-22-9-5-4-6-10-22)33(19-34)17-21-13-15-23(16-14-21)24-11-7-8-12-25(24)27-29-30-31-32(27)3/h4-16,19-20,26H,17-18H2,1-3H3. The molecule has 0 aliphatic rings. The molecule has 0 fully saturated rings. The molecule has 1 aromatic heterocycles. The van der Waals surface area contributed by atoms with Crippen molar-refractivity contribution in [3.05, 3.63) is 90.0 Å². The minimum Gasteiger partial charge on any atom is -0.459 e. The van der Waals surface area contributed by atoms with E-state index in [-0.39, 0.29) is 12.5 Å². The number of hydrogen-bond acceptors (Lipinski definition) is 6. The van der Waals surface area contributed by atoms with Gasteiger partial charge in [0.1, 0.15) is 12.6 Å². The molecular formula is C28H29N5O3. The molecular weight excluding hydrogens is 454 g/mol. The number of tetrazole rings is 1. The van der Waals surface area contributed by atoms with Crippen molar-refractivity contribution in [1.82, 2.24) is 25.1 Å². The van der Waals surface area contributed by atoms with Crippen LogP contribution in [0.4, 0.5) is 0 Å². The molecule has 1 heterocycles. The van der Waals surface area contributed by atoms with Crippen LogP contribution >= 0.6 is 0 Å². The quantitative estimate of drug-likeness (QED) is 0.247. The molecule has 0 radical (unpaired) electrons. The average Bonchev–Trinajstić information content (AvgIpc) is 3.33. The topological polar surface area (TPSA) is 90.2 Å². The third-order valence-electron chi connectivity index (χ3n) is 6.01. The first kappa shape index (κ1) is 24.8. The van der Waals surface area contributed by atoms with Gasteiger partial charge in [0.25, 0.3) is 0 Å². The van der Waals surface area contributed by atoms with E-state index in [2.05, 4.69) is 15.5 Å². The molecule has 1 atom stereocenters. The van der Waals surface area contributed by atoms with E-state index in [1.807, 2.05) is 92.7 Å². The Hall–Kier alpha value is -4.33. The minimum atomic E-state index is -0.685. The molecule has 0 aliphatic carbocycles. The van der Waals surface area contributed by atoms with Crippen LogP contribution in [0.15, 0.2) is 78.9 Å². The molecule has 8 nitrogen and oxygen atoms in total. The van der Waals surface area contributed by atoms with Crippen LogP contribution in [0.25, 0.3) is 22.5 Å². The number of carbonyl (C=O) groups excluding carboxylic acids is 2. The molecule has 184 valence electrons. The van der Waals surface area contributed by atoms with Gasteiger partial charge in [-0.05, 0) is 38.6 Å². The Morgan fingerprint density at radius 2 is 1.61 bits per heavy atom. The second-order valence-electron chi connectivity index (χ2n) is 8.93. The normalized spacial score (nSPS) is 11.8. The number of carbonyl (C=O) groups is 2. The summed E-state index contributed by atoms with van der Waals surface area (Å²) in [7, 11) is 1.80. The maximum Gasteiger partial charge on any atom is 0.329 e. The van der Waals surface area contributed by atoms with Gasteiger partial charge in [-0.15, -0.1) is 5.10 Å². The van der Waals surface area contributed by atoms with Gasteiger partial charge in [0, 0.05) is 19.2 Å². The molecule has 0 aliphatic heterocycles. The SMILES string of the molecule is CC(C)C(C(=O)OCc1ccccc1)N(C=O)Cc1ccc(-c2ccccc2-c2nnnn2C)cc1. The monoisotopic (exact) mass is 483 g/mol. The van der Waals surface area contributed by atoms with Crippen molar-refractivity contribution in [3.8, 4) is 22.5 Å².